The van der Waals surface area contributed by atoms with Crippen molar-refractivity contribution in [1.29, 1.82) is 0 Å². The Morgan fingerprint density at radius 3 is 2.78 bits per heavy atom. The Kier molecular flexibility index (Phi) is 3.20. The fraction of sp³-hybridized carbons (Fsp3) is 0.286. The predicted octanol–water partition coefficient (Wildman–Crippen LogP) is 3.25. The van der Waals surface area contributed by atoms with Crippen molar-refractivity contribution in [3.8, 4) is 17.0 Å². The molecule has 1 heterocycles. The zero-order chi connectivity index (χ0) is 12.5. The molecule has 0 radical (unpaired) electrons. The first-order chi connectivity index (χ1) is 8.78. The number of aryl methyl sites for hydroxylation is 2. The molecule has 3 rings (SSSR count). The van der Waals surface area contributed by atoms with E-state index < -0.39 is 0 Å². The fourth-order valence-electron chi connectivity index (χ4n) is 2.42. The van der Waals surface area contributed by atoms with Crippen molar-refractivity contribution in [3.63, 3.8) is 0 Å². The number of aromatic nitrogens is 2. The summed E-state index contributed by atoms with van der Waals surface area (Å²) in [6.07, 6.45) is 3.28. The molecule has 2 aromatic rings. The molecule has 0 spiro atoms. The number of nitrogens with zero attached hydrogens (tertiary/aromatic N) is 2. The van der Waals surface area contributed by atoms with Gasteiger partial charge in [0.25, 0.3) is 0 Å². The van der Waals surface area contributed by atoms with Crippen molar-refractivity contribution < 1.29 is 4.74 Å². The second-order valence-corrected chi connectivity index (χ2v) is 5.52. The van der Waals surface area contributed by atoms with Gasteiger partial charge in [0.05, 0.1) is 12.8 Å². The van der Waals surface area contributed by atoms with Gasteiger partial charge >= 0.3 is 0 Å². The molecule has 3 nitrogen and oxygen atoms in total. The molecule has 0 aliphatic heterocycles. The van der Waals surface area contributed by atoms with Gasteiger partial charge < -0.3 is 4.74 Å². The minimum atomic E-state index is 0.913. The third-order valence-corrected chi connectivity index (χ3v) is 3.83. The maximum atomic E-state index is 5.29. The molecule has 0 saturated carbocycles. The lowest BCUT2D eigenvalue weighted by atomic mass is 10.0. The Balaban J connectivity index is 2.18. The van der Waals surface area contributed by atoms with Crippen LogP contribution in [-0.4, -0.2) is 17.3 Å². The summed E-state index contributed by atoms with van der Waals surface area (Å²) in [5.41, 5.74) is 4.85. The molecule has 4 heteroatoms. The molecule has 0 amide bonds. The molecule has 1 aliphatic carbocycles. The summed E-state index contributed by atoms with van der Waals surface area (Å²) in [6, 6.07) is 8.35. The van der Waals surface area contributed by atoms with Gasteiger partial charge in [0.15, 0.2) is 0 Å². The molecule has 0 atom stereocenters. The van der Waals surface area contributed by atoms with Crippen LogP contribution in [0.25, 0.3) is 11.3 Å². The van der Waals surface area contributed by atoms with Crippen LogP contribution < -0.4 is 4.74 Å². The molecule has 18 heavy (non-hydrogen) atoms. The summed E-state index contributed by atoms with van der Waals surface area (Å²) < 4.78 is 6.25. The molecule has 0 saturated heterocycles. The van der Waals surface area contributed by atoms with Crippen LogP contribution in [0.3, 0.4) is 0 Å². The highest BCUT2D eigenvalue weighted by Gasteiger charge is 2.17. The Bertz CT molecular complexity index is 598. The van der Waals surface area contributed by atoms with Crippen LogP contribution in [0.5, 0.6) is 5.75 Å². The van der Waals surface area contributed by atoms with Crippen LogP contribution in [0.4, 0.5) is 0 Å². The third-order valence-electron chi connectivity index (χ3n) is 3.30. The van der Waals surface area contributed by atoms with Gasteiger partial charge in [-0.15, -0.1) is 10.2 Å². The number of benzene rings is 1. The van der Waals surface area contributed by atoms with Crippen molar-refractivity contribution in [2.75, 3.05) is 7.11 Å². The average Bonchev–Trinajstić information content (AvgIpc) is 2.56. The molecule has 1 aromatic carbocycles. The van der Waals surface area contributed by atoms with Crippen LogP contribution in [0.15, 0.2) is 24.3 Å². The first kappa shape index (κ1) is 11.9. The molecule has 92 valence electrons. The summed E-state index contributed by atoms with van der Waals surface area (Å²) in [5, 5.41) is 8.56. The van der Waals surface area contributed by atoms with Crippen LogP contribution in [0.1, 0.15) is 17.5 Å². The van der Waals surface area contributed by atoms with Crippen LogP contribution in [-0.2, 0) is 12.8 Å². The van der Waals surface area contributed by atoms with E-state index in [0.29, 0.717) is 0 Å². The van der Waals surface area contributed by atoms with Gasteiger partial charge in [0.2, 0.25) is 0 Å². The highest BCUT2D eigenvalue weighted by molar-refractivity contribution is 14.1. The number of rotatable bonds is 1. The Hall–Kier alpha value is -1.17. The van der Waals surface area contributed by atoms with Crippen LogP contribution in [0.2, 0.25) is 0 Å². The lowest BCUT2D eigenvalue weighted by Gasteiger charge is -2.09. The Morgan fingerprint density at radius 1 is 1.11 bits per heavy atom. The SMILES string of the molecule is COc1ccc2c(c1)CCCc1cc(I)nnc1-2. The van der Waals surface area contributed by atoms with Gasteiger partial charge in [0, 0.05) is 5.56 Å². The molecule has 0 bridgehead atoms. The van der Waals surface area contributed by atoms with Crippen LogP contribution >= 0.6 is 22.6 Å². The molecule has 1 aliphatic rings. The van der Waals surface area contributed by atoms with E-state index in [1.54, 1.807) is 7.11 Å². The normalized spacial score (nSPS) is 13.4. The summed E-state index contributed by atoms with van der Waals surface area (Å²) in [6.45, 7) is 0. The van der Waals surface area contributed by atoms with Crippen LogP contribution in [0, 0.1) is 3.70 Å². The number of methoxy groups -OCH3 is 1. The van der Waals surface area contributed by atoms with E-state index in [0.717, 1.165) is 34.4 Å². The zero-order valence-electron chi connectivity index (χ0n) is 10.1. The lowest BCUT2D eigenvalue weighted by Crippen LogP contribution is -1.97. The first-order valence-electron chi connectivity index (χ1n) is 5.97. The van der Waals surface area contributed by atoms with Gasteiger partial charge in [-0.1, -0.05) is 0 Å². The van der Waals surface area contributed by atoms with E-state index in [1.807, 2.05) is 6.07 Å². The predicted molar refractivity (Wildman–Crippen MR) is 78.8 cm³/mol. The van der Waals surface area contributed by atoms with Crippen molar-refractivity contribution in [2.24, 2.45) is 0 Å². The van der Waals surface area contributed by atoms with Crippen molar-refractivity contribution in [2.45, 2.75) is 19.3 Å². The van der Waals surface area contributed by atoms with E-state index in [2.05, 4.69) is 51.0 Å². The van der Waals surface area contributed by atoms with Gasteiger partial charge in [-0.05, 0) is 77.2 Å². The fourth-order valence-corrected chi connectivity index (χ4v) is 2.91. The van der Waals surface area contributed by atoms with Gasteiger partial charge in [-0.3, -0.25) is 0 Å². The van der Waals surface area contributed by atoms with Gasteiger partial charge in [-0.2, -0.15) is 0 Å². The standard InChI is InChI=1S/C14H13IN2O/c1-18-11-5-6-12-9(7-11)3-2-4-10-8-13(15)16-17-14(10)12/h5-8H,2-4H2,1H3. The molecule has 0 N–H and O–H groups in total. The molecule has 0 fully saturated rings. The topological polar surface area (TPSA) is 35.0 Å². The number of halogens is 1. The van der Waals surface area contributed by atoms with E-state index in [4.69, 9.17) is 4.74 Å². The number of hydrogen-bond acceptors (Lipinski definition) is 3. The Morgan fingerprint density at radius 2 is 1.94 bits per heavy atom. The van der Waals surface area contributed by atoms with E-state index in [-0.39, 0.29) is 0 Å². The minimum absolute atomic E-state index is 0.913. The minimum Gasteiger partial charge on any atom is -0.497 e. The van der Waals surface area contributed by atoms with Crippen molar-refractivity contribution in [3.05, 3.63) is 39.1 Å². The lowest BCUT2D eigenvalue weighted by molar-refractivity contribution is 0.414. The third kappa shape index (κ3) is 2.09. The summed E-state index contributed by atoms with van der Waals surface area (Å²) >= 11 is 2.22. The van der Waals surface area contributed by atoms with E-state index in [1.165, 1.54) is 16.7 Å². The van der Waals surface area contributed by atoms with Crippen molar-refractivity contribution >= 4 is 22.6 Å². The zero-order valence-corrected chi connectivity index (χ0v) is 12.3. The Labute approximate surface area is 120 Å². The first-order valence-corrected chi connectivity index (χ1v) is 7.05. The monoisotopic (exact) mass is 352 g/mol. The van der Waals surface area contributed by atoms with Gasteiger partial charge in [0.1, 0.15) is 9.45 Å². The molecule has 1 aromatic heterocycles. The maximum absolute atomic E-state index is 5.29. The van der Waals surface area contributed by atoms with Gasteiger partial charge in [-0.25, -0.2) is 0 Å². The van der Waals surface area contributed by atoms with E-state index in [9.17, 15) is 0 Å². The number of ether oxygens (including phenoxy) is 1. The highest BCUT2D eigenvalue weighted by atomic mass is 127. The summed E-state index contributed by atoms with van der Waals surface area (Å²) in [5.74, 6) is 0.913. The quantitative estimate of drug-likeness (QED) is 0.739. The molecular formula is C14H13IN2O. The molecule has 0 unspecified atom stereocenters. The average molecular weight is 352 g/mol. The highest BCUT2D eigenvalue weighted by Crippen LogP contribution is 2.33. The van der Waals surface area contributed by atoms with Crippen molar-refractivity contribution in [1.82, 2.24) is 10.2 Å². The smallest absolute Gasteiger partial charge is 0.124 e. The number of hydrogen-bond donors (Lipinski definition) is 0. The second kappa shape index (κ2) is 4.84. The second-order valence-electron chi connectivity index (χ2n) is 4.42. The van der Waals surface area contributed by atoms with E-state index >= 15 is 0 Å². The number of fused-ring (bicyclic) bond motifs is 3. The maximum Gasteiger partial charge on any atom is 0.124 e. The summed E-state index contributed by atoms with van der Waals surface area (Å²) in [4.78, 5) is 0. The molecular weight excluding hydrogens is 339 g/mol. The summed E-state index contributed by atoms with van der Waals surface area (Å²) in [7, 11) is 1.70. The largest absolute Gasteiger partial charge is 0.497 e.